The highest BCUT2D eigenvalue weighted by molar-refractivity contribution is 5.69. The Labute approximate surface area is 114 Å². The normalized spacial score (nSPS) is 11.1. The molecule has 0 saturated carbocycles. The molecule has 0 amide bonds. The molecule has 0 aromatic heterocycles. The first-order valence-electron chi connectivity index (χ1n) is 6.28. The number of carboxylic acids is 1. The van der Waals surface area contributed by atoms with Crippen molar-refractivity contribution >= 4 is 5.97 Å². The standard InChI is InChI=1S/C12H25NO6/c1-16-5-3-13(11-12(14)15)4-6-18-9-10-19-8-7-17-2/h3-11H2,1-2H3,(H,14,15). The topological polar surface area (TPSA) is 77.5 Å². The average molecular weight is 279 g/mol. The summed E-state index contributed by atoms with van der Waals surface area (Å²) >= 11 is 0. The van der Waals surface area contributed by atoms with Crippen LogP contribution in [0.5, 0.6) is 0 Å². The third kappa shape index (κ3) is 13.5. The van der Waals surface area contributed by atoms with Crippen molar-refractivity contribution in [2.75, 3.05) is 73.5 Å². The van der Waals surface area contributed by atoms with Gasteiger partial charge in [0.1, 0.15) is 0 Å². The minimum absolute atomic E-state index is 0.00292. The molecule has 0 rings (SSSR count). The van der Waals surface area contributed by atoms with Crippen LogP contribution in [0.3, 0.4) is 0 Å². The first-order valence-corrected chi connectivity index (χ1v) is 6.28. The lowest BCUT2D eigenvalue weighted by atomic mass is 10.4. The zero-order valence-corrected chi connectivity index (χ0v) is 11.8. The van der Waals surface area contributed by atoms with Crippen molar-refractivity contribution in [1.29, 1.82) is 0 Å². The van der Waals surface area contributed by atoms with Crippen molar-refractivity contribution in [2.45, 2.75) is 0 Å². The smallest absolute Gasteiger partial charge is 0.317 e. The summed E-state index contributed by atoms with van der Waals surface area (Å²) in [5.74, 6) is -0.848. The molecule has 0 aromatic carbocycles. The lowest BCUT2D eigenvalue weighted by Gasteiger charge is -2.19. The molecule has 0 radical (unpaired) electrons. The molecule has 7 nitrogen and oxygen atoms in total. The molecule has 0 heterocycles. The molecule has 19 heavy (non-hydrogen) atoms. The van der Waals surface area contributed by atoms with Gasteiger partial charge in [-0.3, -0.25) is 9.69 Å². The number of rotatable bonds is 14. The Balaban J connectivity index is 3.48. The van der Waals surface area contributed by atoms with E-state index in [9.17, 15) is 4.79 Å². The molecule has 0 unspecified atom stereocenters. The number of hydrogen-bond donors (Lipinski definition) is 1. The van der Waals surface area contributed by atoms with Crippen LogP contribution >= 0.6 is 0 Å². The Bertz CT molecular complexity index is 214. The summed E-state index contributed by atoms with van der Waals surface area (Å²) in [6, 6.07) is 0. The van der Waals surface area contributed by atoms with E-state index in [1.807, 2.05) is 0 Å². The highest BCUT2D eigenvalue weighted by atomic mass is 16.5. The fourth-order valence-electron chi connectivity index (χ4n) is 1.34. The molecule has 0 atom stereocenters. The van der Waals surface area contributed by atoms with Crippen LogP contribution in [0.1, 0.15) is 0 Å². The number of hydrogen-bond acceptors (Lipinski definition) is 6. The third-order valence-electron chi connectivity index (χ3n) is 2.33. The van der Waals surface area contributed by atoms with Gasteiger partial charge in [0.25, 0.3) is 0 Å². The highest BCUT2D eigenvalue weighted by Crippen LogP contribution is 1.90. The van der Waals surface area contributed by atoms with E-state index in [4.69, 9.17) is 24.1 Å². The van der Waals surface area contributed by atoms with Gasteiger partial charge in [0.15, 0.2) is 0 Å². The molecule has 0 fully saturated rings. The molecule has 0 aromatic rings. The molecule has 0 saturated heterocycles. The summed E-state index contributed by atoms with van der Waals surface area (Å²) < 4.78 is 20.4. The van der Waals surface area contributed by atoms with Crippen molar-refractivity contribution in [3.05, 3.63) is 0 Å². The van der Waals surface area contributed by atoms with Gasteiger partial charge in [-0.1, -0.05) is 0 Å². The minimum atomic E-state index is -0.848. The fraction of sp³-hybridized carbons (Fsp3) is 0.917. The Kier molecular flexibility index (Phi) is 13.2. The van der Waals surface area contributed by atoms with Crippen LogP contribution in [0.4, 0.5) is 0 Å². The first-order chi connectivity index (χ1) is 9.20. The van der Waals surface area contributed by atoms with Gasteiger partial charge < -0.3 is 24.1 Å². The molecule has 0 aliphatic rings. The Hall–Kier alpha value is -0.730. The number of ether oxygens (including phenoxy) is 4. The van der Waals surface area contributed by atoms with Gasteiger partial charge in [0.05, 0.1) is 46.2 Å². The van der Waals surface area contributed by atoms with Gasteiger partial charge >= 0.3 is 5.97 Å². The van der Waals surface area contributed by atoms with E-state index in [1.165, 1.54) is 0 Å². The Morgan fingerprint density at radius 1 is 0.895 bits per heavy atom. The predicted octanol–water partition coefficient (Wildman–Crippen LogP) is -0.301. The fourth-order valence-corrected chi connectivity index (χ4v) is 1.34. The molecule has 7 heteroatoms. The van der Waals surface area contributed by atoms with Crippen molar-refractivity contribution < 1.29 is 28.8 Å². The number of carbonyl (C=O) groups is 1. The largest absolute Gasteiger partial charge is 0.480 e. The van der Waals surface area contributed by atoms with Gasteiger partial charge in [-0.05, 0) is 0 Å². The molecule has 0 spiro atoms. The Morgan fingerprint density at radius 3 is 2.00 bits per heavy atom. The molecule has 114 valence electrons. The van der Waals surface area contributed by atoms with Crippen LogP contribution in [-0.2, 0) is 23.7 Å². The van der Waals surface area contributed by atoms with Crippen molar-refractivity contribution in [2.24, 2.45) is 0 Å². The summed E-state index contributed by atoms with van der Waals surface area (Å²) in [7, 11) is 3.21. The monoisotopic (exact) mass is 279 g/mol. The van der Waals surface area contributed by atoms with Crippen molar-refractivity contribution in [1.82, 2.24) is 4.90 Å². The van der Waals surface area contributed by atoms with E-state index in [0.29, 0.717) is 52.7 Å². The van der Waals surface area contributed by atoms with E-state index in [1.54, 1.807) is 19.1 Å². The van der Waals surface area contributed by atoms with Gasteiger partial charge in [-0.25, -0.2) is 0 Å². The van der Waals surface area contributed by atoms with Crippen LogP contribution in [0.2, 0.25) is 0 Å². The van der Waals surface area contributed by atoms with Crippen LogP contribution in [-0.4, -0.2) is 89.5 Å². The predicted molar refractivity (Wildman–Crippen MR) is 69.5 cm³/mol. The van der Waals surface area contributed by atoms with E-state index in [0.717, 1.165) is 0 Å². The lowest BCUT2D eigenvalue weighted by molar-refractivity contribution is -0.138. The minimum Gasteiger partial charge on any atom is -0.480 e. The molecule has 0 bridgehead atoms. The highest BCUT2D eigenvalue weighted by Gasteiger charge is 2.08. The maximum Gasteiger partial charge on any atom is 0.317 e. The number of carboxylic acid groups (broad SMARTS) is 1. The molecular formula is C12H25NO6. The van der Waals surface area contributed by atoms with Crippen LogP contribution in [0, 0.1) is 0 Å². The lowest BCUT2D eigenvalue weighted by Crippen LogP contribution is -2.35. The van der Waals surface area contributed by atoms with Gasteiger partial charge in [0.2, 0.25) is 0 Å². The zero-order chi connectivity index (χ0) is 14.3. The van der Waals surface area contributed by atoms with Crippen LogP contribution in [0.25, 0.3) is 0 Å². The Morgan fingerprint density at radius 2 is 1.42 bits per heavy atom. The summed E-state index contributed by atoms with van der Waals surface area (Å²) in [6.45, 7) is 4.26. The van der Waals surface area contributed by atoms with E-state index in [-0.39, 0.29) is 6.54 Å². The average Bonchev–Trinajstić information content (AvgIpc) is 2.38. The summed E-state index contributed by atoms with van der Waals surface area (Å²) in [5, 5.41) is 8.75. The third-order valence-corrected chi connectivity index (χ3v) is 2.33. The van der Waals surface area contributed by atoms with Crippen LogP contribution < -0.4 is 0 Å². The van der Waals surface area contributed by atoms with E-state index >= 15 is 0 Å². The van der Waals surface area contributed by atoms with Crippen molar-refractivity contribution in [3.8, 4) is 0 Å². The molecule has 0 aliphatic heterocycles. The van der Waals surface area contributed by atoms with Crippen molar-refractivity contribution in [3.63, 3.8) is 0 Å². The number of aliphatic carboxylic acids is 1. The SMILES string of the molecule is COCCOCCOCCN(CCOC)CC(=O)O. The maximum atomic E-state index is 10.7. The molecule has 1 N–H and O–H groups in total. The molecule has 0 aliphatic carbocycles. The number of methoxy groups -OCH3 is 2. The van der Waals surface area contributed by atoms with Gasteiger partial charge in [-0.2, -0.15) is 0 Å². The summed E-state index contributed by atoms with van der Waals surface area (Å²) in [4.78, 5) is 12.4. The van der Waals surface area contributed by atoms with Gasteiger partial charge in [0, 0.05) is 27.3 Å². The second-order valence-corrected chi connectivity index (χ2v) is 3.88. The second kappa shape index (κ2) is 13.7. The van der Waals surface area contributed by atoms with E-state index in [2.05, 4.69) is 0 Å². The second-order valence-electron chi connectivity index (χ2n) is 3.88. The first kappa shape index (κ1) is 18.3. The quantitative estimate of drug-likeness (QED) is 0.437. The van der Waals surface area contributed by atoms with E-state index < -0.39 is 5.97 Å². The zero-order valence-electron chi connectivity index (χ0n) is 11.8. The van der Waals surface area contributed by atoms with Gasteiger partial charge in [-0.15, -0.1) is 0 Å². The number of nitrogens with zero attached hydrogens (tertiary/aromatic N) is 1. The summed E-state index contributed by atoms with van der Waals surface area (Å²) in [5.41, 5.74) is 0. The maximum absolute atomic E-state index is 10.7. The summed E-state index contributed by atoms with van der Waals surface area (Å²) in [6.07, 6.45) is 0. The molecular weight excluding hydrogens is 254 g/mol. The van der Waals surface area contributed by atoms with Crippen LogP contribution in [0.15, 0.2) is 0 Å².